The Kier molecular flexibility index (Phi) is 4.36. The standard InChI is InChI=1S/C20H25N5O/c1-4-17-14(3)22-19-9-18(23-25(19)20(17)26)16-6-8-24(12-16)11-15-5-7-21-10-13(15)2/h5,7,9-10,16,23H,4,6,8,11-12H2,1-3H3/t16-/m0/s1. The Bertz CT molecular complexity index is 1000. The molecule has 3 aromatic heterocycles. The van der Waals surface area contributed by atoms with E-state index in [4.69, 9.17) is 0 Å². The summed E-state index contributed by atoms with van der Waals surface area (Å²) >= 11 is 0. The number of nitrogens with zero attached hydrogens (tertiary/aromatic N) is 4. The van der Waals surface area contributed by atoms with Gasteiger partial charge in [0.15, 0.2) is 5.65 Å². The van der Waals surface area contributed by atoms with Crippen LogP contribution in [-0.4, -0.2) is 37.6 Å². The fraction of sp³-hybridized carbons (Fsp3) is 0.450. The SMILES string of the molecule is CCc1c(C)nc2cc([C@H]3CCN(Cc4ccncc4C)C3)[nH]n2c1=O. The summed E-state index contributed by atoms with van der Waals surface area (Å²) in [4.78, 5) is 23.9. The van der Waals surface area contributed by atoms with E-state index in [1.54, 1.807) is 4.52 Å². The first-order valence-electron chi connectivity index (χ1n) is 9.29. The Morgan fingerprint density at radius 3 is 2.96 bits per heavy atom. The van der Waals surface area contributed by atoms with Gasteiger partial charge in [-0.25, -0.2) is 9.50 Å². The monoisotopic (exact) mass is 351 g/mol. The number of nitrogens with one attached hydrogen (secondary N) is 1. The number of hydrogen-bond donors (Lipinski definition) is 1. The van der Waals surface area contributed by atoms with E-state index in [9.17, 15) is 4.79 Å². The van der Waals surface area contributed by atoms with E-state index in [1.165, 1.54) is 11.1 Å². The van der Waals surface area contributed by atoms with Crippen molar-refractivity contribution in [2.45, 2.75) is 46.1 Å². The van der Waals surface area contributed by atoms with Crippen LogP contribution in [0.2, 0.25) is 0 Å². The van der Waals surface area contributed by atoms with Crippen LogP contribution in [0.5, 0.6) is 0 Å². The van der Waals surface area contributed by atoms with Crippen LogP contribution in [0.15, 0.2) is 29.3 Å². The molecule has 0 spiro atoms. The molecule has 26 heavy (non-hydrogen) atoms. The zero-order valence-corrected chi connectivity index (χ0v) is 15.6. The molecule has 0 bridgehead atoms. The van der Waals surface area contributed by atoms with Gasteiger partial charge in [-0.3, -0.25) is 19.8 Å². The van der Waals surface area contributed by atoms with E-state index < -0.39 is 0 Å². The highest BCUT2D eigenvalue weighted by molar-refractivity contribution is 5.42. The first kappa shape index (κ1) is 17.0. The number of aryl methyl sites for hydroxylation is 2. The number of pyridine rings is 1. The van der Waals surface area contributed by atoms with Gasteiger partial charge in [0.05, 0.1) is 0 Å². The van der Waals surface area contributed by atoms with Crippen molar-refractivity contribution in [2.75, 3.05) is 13.1 Å². The Hall–Kier alpha value is -2.47. The Morgan fingerprint density at radius 2 is 2.19 bits per heavy atom. The van der Waals surface area contributed by atoms with Gasteiger partial charge < -0.3 is 0 Å². The molecule has 1 aliphatic heterocycles. The van der Waals surface area contributed by atoms with Crippen molar-refractivity contribution in [1.29, 1.82) is 0 Å². The Morgan fingerprint density at radius 1 is 1.35 bits per heavy atom. The van der Waals surface area contributed by atoms with Crippen LogP contribution in [0, 0.1) is 13.8 Å². The van der Waals surface area contributed by atoms with Crippen molar-refractivity contribution in [3.8, 4) is 0 Å². The zero-order chi connectivity index (χ0) is 18.3. The summed E-state index contributed by atoms with van der Waals surface area (Å²) in [5.41, 5.74) is 6.06. The molecule has 1 atom stereocenters. The van der Waals surface area contributed by atoms with Gasteiger partial charge in [0.25, 0.3) is 5.56 Å². The lowest BCUT2D eigenvalue weighted by molar-refractivity contribution is 0.325. The predicted molar refractivity (Wildman–Crippen MR) is 102 cm³/mol. The summed E-state index contributed by atoms with van der Waals surface area (Å²) in [7, 11) is 0. The molecule has 4 rings (SSSR count). The minimum atomic E-state index is 0.0310. The van der Waals surface area contributed by atoms with E-state index in [0.717, 1.165) is 48.7 Å². The number of aromatic nitrogens is 4. The molecule has 136 valence electrons. The van der Waals surface area contributed by atoms with E-state index in [-0.39, 0.29) is 5.56 Å². The van der Waals surface area contributed by atoms with Gasteiger partial charge in [0, 0.05) is 54.4 Å². The van der Waals surface area contributed by atoms with Crippen LogP contribution in [0.1, 0.15) is 47.3 Å². The van der Waals surface area contributed by atoms with Crippen LogP contribution < -0.4 is 5.56 Å². The fourth-order valence-electron chi connectivity index (χ4n) is 3.96. The van der Waals surface area contributed by atoms with Crippen molar-refractivity contribution < 1.29 is 0 Å². The van der Waals surface area contributed by atoms with Crippen LogP contribution in [-0.2, 0) is 13.0 Å². The molecule has 0 aliphatic carbocycles. The van der Waals surface area contributed by atoms with Crippen molar-refractivity contribution >= 4 is 5.65 Å². The normalized spacial score (nSPS) is 18.0. The van der Waals surface area contributed by atoms with E-state index >= 15 is 0 Å². The second-order valence-electron chi connectivity index (χ2n) is 7.26. The minimum Gasteiger partial charge on any atom is -0.298 e. The molecule has 0 aromatic carbocycles. The molecule has 1 aliphatic rings. The second-order valence-corrected chi connectivity index (χ2v) is 7.26. The lowest BCUT2D eigenvalue weighted by Crippen LogP contribution is -2.22. The van der Waals surface area contributed by atoms with Crippen molar-refractivity contribution in [3.05, 3.63) is 63.0 Å². The van der Waals surface area contributed by atoms with Gasteiger partial charge in [-0.05, 0) is 50.4 Å². The Balaban J connectivity index is 1.56. The smallest absolute Gasteiger partial charge is 0.276 e. The number of H-pyrrole nitrogens is 1. The fourth-order valence-corrected chi connectivity index (χ4v) is 3.96. The predicted octanol–water partition coefficient (Wildman–Crippen LogP) is 2.59. The van der Waals surface area contributed by atoms with E-state index in [1.807, 2.05) is 32.3 Å². The quantitative estimate of drug-likeness (QED) is 0.785. The molecule has 0 unspecified atom stereocenters. The number of rotatable bonds is 4. The second kappa shape index (κ2) is 6.68. The topological polar surface area (TPSA) is 66.3 Å². The third kappa shape index (κ3) is 2.94. The van der Waals surface area contributed by atoms with E-state index in [2.05, 4.69) is 33.0 Å². The molecule has 4 heterocycles. The highest BCUT2D eigenvalue weighted by atomic mass is 16.1. The average Bonchev–Trinajstić information content (AvgIpc) is 3.24. The summed E-state index contributed by atoms with van der Waals surface area (Å²) in [5, 5.41) is 3.31. The largest absolute Gasteiger partial charge is 0.298 e. The third-order valence-electron chi connectivity index (χ3n) is 5.53. The molecule has 1 saturated heterocycles. The maximum absolute atomic E-state index is 12.6. The molecule has 1 fully saturated rings. The molecule has 0 radical (unpaired) electrons. The summed E-state index contributed by atoms with van der Waals surface area (Å²) in [5.74, 6) is 0.406. The Labute approximate surface area is 152 Å². The summed E-state index contributed by atoms with van der Waals surface area (Å²) in [6.07, 6.45) is 5.58. The first-order chi connectivity index (χ1) is 12.6. The van der Waals surface area contributed by atoms with Crippen molar-refractivity contribution in [3.63, 3.8) is 0 Å². The highest BCUT2D eigenvalue weighted by Crippen LogP contribution is 2.28. The van der Waals surface area contributed by atoms with Crippen LogP contribution in [0.25, 0.3) is 5.65 Å². The van der Waals surface area contributed by atoms with Crippen molar-refractivity contribution in [2.24, 2.45) is 0 Å². The minimum absolute atomic E-state index is 0.0310. The molecule has 1 N–H and O–H groups in total. The van der Waals surface area contributed by atoms with Crippen LogP contribution in [0.4, 0.5) is 0 Å². The molecule has 0 amide bonds. The number of aromatic amines is 1. The zero-order valence-electron chi connectivity index (χ0n) is 15.6. The molecular formula is C20H25N5O. The summed E-state index contributed by atoms with van der Waals surface area (Å²) in [6, 6.07) is 4.14. The molecule has 6 nitrogen and oxygen atoms in total. The van der Waals surface area contributed by atoms with Gasteiger partial charge in [0.1, 0.15) is 0 Å². The number of likely N-dealkylation sites (tertiary alicyclic amines) is 1. The van der Waals surface area contributed by atoms with Gasteiger partial charge >= 0.3 is 0 Å². The van der Waals surface area contributed by atoms with Gasteiger partial charge in [-0.1, -0.05) is 6.92 Å². The number of hydrogen-bond acceptors (Lipinski definition) is 4. The molecule has 3 aromatic rings. The van der Waals surface area contributed by atoms with Gasteiger partial charge in [-0.15, -0.1) is 0 Å². The van der Waals surface area contributed by atoms with Crippen molar-refractivity contribution in [1.82, 2.24) is 24.5 Å². The van der Waals surface area contributed by atoms with Crippen LogP contribution >= 0.6 is 0 Å². The molecular weight excluding hydrogens is 326 g/mol. The maximum Gasteiger partial charge on any atom is 0.276 e. The van der Waals surface area contributed by atoms with Gasteiger partial charge in [0.2, 0.25) is 0 Å². The lowest BCUT2D eigenvalue weighted by Gasteiger charge is -2.16. The first-order valence-corrected chi connectivity index (χ1v) is 9.29. The molecule has 0 saturated carbocycles. The highest BCUT2D eigenvalue weighted by Gasteiger charge is 2.26. The molecule has 6 heteroatoms. The summed E-state index contributed by atoms with van der Waals surface area (Å²) in [6.45, 7) is 9.02. The van der Waals surface area contributed by atoms with Gasteiger partial charge in [-0.2, -0.15) is 0 Å². The third-order valence-corrected chi connectivity index (χ3v) is 5.53. The van der Waals surface area contributed by atoms with E-state index in [0.29, 0.717) is 12.3 Å². The van der Waals surface area contributed by atoms with Crippen LogP contribution in [0.3, 0.4) is 0 Å². The summed E-state index contributed by atoms with van der Waals surface area (Å²) < 4.78 is 1.61. The average molecular weight is 351 g/mol. The lowest BCUT2D eigenvalue weighted by atomic mass is 10.1. The maximum atomic E-state index is 12.6. The number of fused-ring (bicyclic) bond motifs is 1.